The summed E-state index contributed by atoms with van der Waals surface area (Å²) in [6.07, 6.45) is -0.563. The van der Waals surface area contributed by atoms with Gasteiger partial charge in [-0.1, -0.05) is 0 Å². The molecule has 6 nitrogen and oxygen atoms in total. The van der Waals surface area contributed by atoms with E-state index in [4.69, 9.17) is 9.47 Å². The Kier molecular flexibility index (Phi) is 6.28. The third-order valence-corrected chi connectivity index (χ3v) is 4.78. The lowest BCUT2D eigenvalue weighted by atomic mass is 9.86. The molecule has 0 aromatic heterocycles. The molecule has 2 rings (SSSR count). The molecule has 2 heterocycles. The van der Waals surface area contributed by atoms with Crippen LogP contribution < -0.4 is 0 Å². The van der Waals surface area contributed by atoms with Gasteiger partial charge < -0.3 is 14.6 Å². The van der Waals surface area contributed by atoms with Crippen molar-refractivity contribution >= 4 is 11.9 Å². The van der Waals surface area contributed by atoms with Crippen LogP contribution in [-0.2, 0) is 14.3 Å². The maximum absolute atomic E-state index is 13.4. The number of aliphatic hydroxyl groups is 1. The van der Waals surface area contributed by atoms with E-state index >= 15 is 0 Å². The molecule has 0 aliphatic carbocycles. The van der Waals surface area contributed by atoms with Crippen LogP contribution in [0.15, 0.2) is 0 Å². The number of amides is 1. The largest absolute Gasteiger partial charge is 0.444 e. The van der Waals surface area contributed by atoms with Gasteiger partial charge in [0, 0.05) is 25.5 Å². The van der Waals surface area contributed by atoms with Crippen LogP contribution in [0.4, 0.5) is 13.6 Å². The van der Waals surface area contributed by atoms with Crippen molar-refractivity contribution in [3.8, 4) is 0 Å². The summed E-state index contributed by atoms with van der Waals surface area (Å²) in [6, 6.07) is -0.944. The van der Waals surface area contributed by atoms with Crippen LogP contribution in [0.5, 0.6) is 0 Å². The number of hydrogen-bond donors (Lipinski definition) is 1. The van der Waals surface area contributed by atoms with Crippen LogP contribution in [-0.4, -0.2) is 65.3 Å². The lowest BCUT2D eigenvalue weighted by molar-refractivity contribution is -0.130. The molecule has 2 fully saturated rings. The first-order valence-corrected chi connectivity index (χ1v) is 9.04. The van der Waals surface area contributed by atoms with Crippen molar-refractivity contribution in [2.24, 2.45) is 11.8 Å². The van der Waals surface area contributed by atoms with Crippen molar-refractivity contribution in [3.05, 3.63) is 0 Å². The number of alkyl halides is 2. The highest BCUT2D eigenvalue weighted by Crippen LogP contribution is 2.39. The van der Waals surface area contributed by atoms with E-state index in [9.17, 15) is 23.5 Å². The lowest BCUT2D eigenvalue weighted by Gasteiger charge is -2.29. The molecule has 150 valence electrons. The van der Waals surface area contributed by atoms with E-state index in [1.54, 1.807) is 20.8 Å². The molecular formula is C18H29F2NO5. The standard InChI is InChI=1S/C18H29F2NO5/c1-17(2,3)26-16(24)21-9-12-7-11(8-18(4,19)20)5-6-25-15(12)14(21)13(23)10-22/h11-12,14-15,22H,5-10H2,1-4H3/t11-,12+,14-,15-/m1/s1. The van der Waals surface area contributed by atoms with Crippen molar-refractivity contribution in [1.29, 1.82) is 0 Å². The van der Waals surface area contributed by atoms with E-state index in [-0.39, 0.29) is 31.4 Å². The third kappa shape index (κ3) is 5.36. The molecule has 1 amide bonds. The number of rotatable bonds is 4. The number of nitrogens with zero attached hydrogens (tertiary/aromatic N) is 1. The van der Waals surface area contributed by atoms with Crippen molar-refractivity contribution in [2.45, 2.75) is 70.6 Å². The van der Waals surface area contributed by atoms with Gasteiger partial charge in [-0.25, -0.2) is 13.6 Å². The van der Waals surface area contributed by atoms with Crippen LogP contribution in [0.25, 0.3) is 0 Å². The van der Waals surface area contributed by atoms with Gasteiger partial charge in [-0.2, -0.15) is 0 Å². The molecule has 0 aromatic rings. The zero-order valence-electron chi connectivity index (χ0n) is 15.8. The molecule has 1 N–H and O–H groups in total. The Hall–Kier alpha value is -1.28. The van der Waals surface area contributed by atoms with E-state index in [1.807, 2.05) is 0 Å². The monoisotopic (exact) mass is 377 g/mol. The maximum atomic E-state index is 13.4. The van der Waals surface area contributed by atoms with E-state index in [0.29, 0.717) is 12.8 Å². The van der Waals surface area contributed by atoms with Gasteiger partial charge in [-0.3, -0.25) is 9.69 Å². The van der Waals surface area contributed by atoms with Gasteiger partial charge >= 0.3 is 6.09 Å². The van der Waals surface area contributed by atoms with Gasteiger partial charge in [0.15, 0.2) is 5.78 Å². The second kappa shape index (κ2) is 7.76. The molecule has 2 saturated heterocycles. The molecule has 2 aliphatic rings. The van der Waals surface area contributed by atoms with E-state index < -0.39 is 42.2 Å². The first-order chi connectivity index (χ1) is 11.9. The fourth-order valence-corrected chi connectivity index (χ4v) is 3.91. The fourth-order valence-electron chi connectivity index (χ4n) is 3.91. The number of halogens is 2. The molecule has 0 aromatic carbocycles. The second-order valence-corrected chi connectivity index (χ2v) is 8.46. The summed E-state index contributed by atoms with van der Waals surface area (Å²) >= 11 is 0. The third-order valence-electron chi connectivity index (χ3n) is 4.78. The molecule has 26 heavy (non-hydrogen) atoms. The summed E-state index contributed by atoms with van der Waals surface area (Å²) in [5, 5.41) is 9.31. The van der Waals surface area contributed by atoms with Crippen LogP contribution in [0.2, 0.25) is 0 Å². The minimum atomic E-state index is -2.77. The van der Waals surface area contributed by atoms with E-state index in [0.717, 1.165) is 6.92 Å². The molecule has 0 spiro atoms. The zero-order chi connectivity index (χ0) is 19.7. The Bertz CT molecular complexity index is 529. The van der Waals surface area contributed by atoms with E-state index in [1.165, 1.54) is 4.90 Å². The van der Waals surface area contributed by atoms with Gasteiger partial charge in [-0.15, -0.1) is 0 Å². The fraction of sp³-hybridized carbons (Fsp3) is 0.889. The van der Waals surface area contributed by atoms with Crippen LogP contribution in [0.1, 0.15) is 47.0 Å². The molecular weight excluding hydrogens is 348 g/mol. The summed E-state index contributed by atoms with van der Waals surface area (Å²) in [5.74, 6) is -3.78. The first-order valence-electron chi connectivity index (χ1n) is 9.04. The van der Waals surface area contributed by atoms with Crippen molar-refractivity contribution in [2.75, 3.05) is 19.8 Å². The number of hydrogen-bond acceptors (Lipinski definition) is 5. The van der Waals surface area contributed by atoms with Crippen LogP contribution >= 0.6 is 0 Å². The molecule has 4 atom stereocenters. The highest BCUT2D eigenvalue weighted by atomic mass is 19.3. The molecule has 0 saturated carbocycles. The number of carbonyl (C=O) groups is 2. The Labute approximate surface area is 152 Å². The average Bonchev–Trinajstić information content (AvgIpc) is 2.71. The number of ketones is 1. The van der Waals surface area contributed by atoms with Gasteiger partial charge in [0.2, 0.25) is 5.92 Å². The number of ether oxygens (including phenoxy) is 2. The van der Waals surface area contributed by atoms with Crippen molar-refractivity contribution < 1.29 is 33.0 Å². The summed E-state index contributed by atoms with van der Waals surface area (Å²) < 4.78 is 38.0. The first kappa shape index (κ1) is 21.0. The number of fused-ring (bicyclic) bond motifs is 1. The Morgan fingerprint density at radius 3 is 2.46 bits per heavy atom. The molecule has 0 radical (unpaired) electrons. The van der Waals surface area contributed by atoms with Crippen molar-refractivity contribution in [3.63, 3.8) is 0 Å². The summed E-state index contributed by atoms with van der Waals surface area (Å²) in [5.41, 5.74) is -0.734. The number of aliphatic hydroxyl groups excluding tert-OH is 1. The van der Waals surface area contributed by atoms with Gasteiger partial charge in [0.25, 0.3) is 0 Å². The predicted octanol–water partition coefficient (Wildman–Crippen LogP) is 2.62. The minimum Gasteiger partial charge on any atom is -0.444 e. The number of carbonyl (C=O) groups excluding carboxylic acids is 2. The van der Waals surface area contributed by atoms with E-state index in [2.05, 4.69) is 0 Å². The molecule has 0 bridgehead atoms. The molecule has 8 heteroatoms. The number of likely N-dealkylation sites (tertiary alicyclic amines) is 1. The van der Waals surface area contributed by atoms with Gasteiger partial charge in [0.05, 0.1) is 6.10 Å². The predicted molar refractivity (Wildman–Crippen MR) is 90.0 cm³/mol. The lowest BCUT2D eigenvalue weighted by Crippen LogP contribution is -2.48. The topological polar surface area (TPSA) is 76.1 Å². The minimum absolute atomic E-state index is 0.196. The summed E-state index contributed by atoms with van der Waals surface area (Å²) in [7, 11) is 0. The zero-order valence-corrected chi connectivity index (χ0v) is 15.8. The Morgan fingerprint density at radius 2 is 1.92 bits per heavy atom. The Balaban J connectivity index is 2.19. The smallest absolute Gasteiger partial charge is 0.411 e. The van der Waals surface area contributed by atoms with Gasteiger partial charge in [-0.05, 0) is 46.5 Å². The number of Topliss-reactive ketones (excluding diaryl/α,β-unsaturated/α-hetero) is 1. The highest BCUT2D eigenvalue weighted by Gasteiger charge is 2.50. The molecule has 2 aliphatic heterocycles. The van der Waals surface area contributed by atoms with Crippen LogP contribution in [0, 0.1) is 11.8 Å². The van der Waals surface area contributed by atoms with Crippen LogP contribution in [0.3, 0.4) is 0 Å². The Morgan fingerprint density at radius 1 is 1.27 bits per heavy atom. The summed E-state index contributed by atoms with van der Waals surface area (Å²) in [6.45, 7) is 5.79. The quantitative estimate of drug-likeness (QED) is 0.815. The normalized spacial score (nSPS) is 29.9. The van der Waals surface area contributed by atoms with Gasteiger partial charge in [0.1, 0.15) is 18.2 Å². The second-order valence-electron chi connectivity index (χ2n) is 8.46. The summed E-state index contributed by atoms with van der Waals surface area (Å²) in [4.78, 5) is 26.1. The molecule has 0 unspecified atom stereocenters. The average molecular weight is 377 g/mol. The maximum Gasteiger partial charge on any atom is 0.411 e. The van der Waals surface area contributed by atoms with Crippen molar-refractivity contribution in [1.82, 2.24) is 4.90 Å². The SMILES string of the molecule is CC(F)(F)C[C@@H]1CCO[C@@H]2[C@@H](C1)CN(C(=O)OC(C)(C)C)[C@@H]2C(=O)CO. The highest BCUT2D eigenvalue weighted by molar-refractivity contribution is 5.89.